The molecule has 240 valence electrons. The van der Waals surface area contributed by atoms with Crippen molar-refractivity contribution in [3.05, 3.63) is 36.3 Å². The predicted molar refractivity (Wildman–Crippen MR) is 162 cm³/mol. The van der Waals surface area contributed by atoms with Crippen molar-refractivity contribution in [2.45, 2.75) is 19.4 Å². The number of amides is 3. The van der Waals surface area contributed by atoms with Gasteiger partial charge in [-0.3, -0.25) is 9.69 Å². The molecule has 2 aliphatic rings. The van der Waals surface area contributed by atoms with Crippen LogP contribution in [0.15, 0.2) is 30.5 Å². The number of ether oxygens (including phenoxy) is 5. The molecule has 0 radical (unpaired) electrons. The Labute approximate surface area is 259 Å². The van der Waals surface area contributed by atoms with Gasteiger partial charge >= 0.3 is 6.03 Å². The van der Waals surface area contributed by atoms with Crippen LogP contribution in [-0.4, -0.2) is 98.1 Å². The molecule has 1 aromatic carbocycles. The fourth-order valence-electron chi connectivity index (χ4n) is 4.69. The molecule has 0 unspecified atom stereocenters. The second kappa shape index (κ2) is 13.4. The second-order valence-electron chi connectivity index (χ2n) is 10.5. The van der Waals surface area contributed by atoms with Crippen molar-refractivity contribution in [1.29, 1.82) is 0 Å². The molecule has 0 atom stereocenters. The lowest BCUT2D eigenvalue weighted by molar-refractivity contribution is -0.129. The van der Waals surface area contributed by atoms with Gasteiger partial charge < -0.3 is 39.6 Å². The number of nitrogens with one attached hydrogen (secondary N) is 3. The van der Waals surface area contributed by atoms with E-state index in [4.69, 9.17) is 23.7 Å². The molecule has 1 fully saturated rings. The molecule has 2 aliphatic heterocycles. The Hall–Kier alpha value is -4.96. The highest BCUT2D eigenvalue weighted by Gasteiger charge is 2.36. The van der Waals surface area contributed by atoms with E-state index >= 15 is 4.39 Å². The molecule has 1 saturated heterocycles. The van der Waals surface area contributed by atoms with E-state index < -0.39 is 17.4 Å². The number of halogens is 1. The summed E-state index contributed by atoms with van der Waals surface area (Å²) < 4.78 is 42.6. The molecule has 3 N–H and O–H groups in total. The fourth-order valence-corrected chi connectivity index (χ4v) is 4.69. The van der Waals surface area contributed by atoms with Gasteiger partial charge in [0, 0.05) is 38.3 Å². The Morgan fingerprint density at radius 2 is 1.82 bits per heavy atom. The van der Waals surface area contributed by atoms with Gasteiger partial charge in [0.2, 0.25) is 11.7 Å². The van der Waals surface area contributed by atoms with Gasteiger partial charge in [0.25, 0.3) is 5.91 Å². The van der Waals surface area contributed by atoms with Gasteiger partial charge in [-0.15, -0.1) is 0 Å². The third kappa shape index (κ3) is 6.91. The molecule has 3 aromatic rings. The van der Waals surface area contributed by atoms with Crippen molar-refractivity contribution in [1.82, 2.24) is 25.2 Å². The largest absolute Gasteiger partial charge is 0.493 e. The molecule has 15 nitrogen and oxygen atoms in total. The molecule has 0 aliphatic carbocycles. The van der Waals surface area contributed by atoms with Gasteiger partial charge in [0.1, 0.15) is 5.82 Å². The Morgan fingerprint density at radius 1 is 1.11 bits per heavy atom. The number of nitrogens with zero attached hydrogens (tertiary/aromatic N) is 5. The number of carbonyl (C=O) groups excluding carboxylic acids is 2. The number of urea groups is 1. The first-order chi connectivity index (χ1) is 21.6. The number of methoxy groups -OCH3 is 3. The number of benzene rings is 1. The average Bonchev–Trinajstić information content (AvgIpc) is 3.03. The van der Waals surface area contributed by atoms with E-state index in [1.165, 1.54) is 26.2 Å². The van der Waals surface area contributed by atoms with E-state index in [2.05, 4.69) is 35.8 Å². The standard InChI is InChI=1S/C29H35FN8O7/c1-29(2)26(39)35-25-19(45-29)6-7-22(34-25)33-24-18(30)16-32-27(36-24)38(28(40)31-8-9-37-10-12-44-13-11-37)17-14-20(41-3)23(43-5)21(15-17)42-4/h6-7,14-16H,8-13H2,1-5H3,(H,31,40)(H2,32,33,34,35,36,39). The van der Waals surface area contributed by atoms with Crippen LogP contribution in [0.4, 0.5) is 38.3 Å². The fraction of sp³-hybridized carbons (Fsp3) is 0.414. The maximum atomic E-state index is 15.1. The second-order valence-corrected chi connectivity index (χ2v) is 10.5. The minimum atomic E-state index is -1.07. The Kier molecular flexibility index (Phi) is 9.34. The van der Waals surface area contributed by atoms with E-state index in [1.54, 1.807) is 38.1 Å². The number of fused-ring (bicyclic) bond motifs is 1. The van der Waals surface area contributed by atoms with Gasteiger partial charge in [0.15, 0.2) is 40.3 Å². The first-order valence-corrected chi connectivity index (χ1v) is 14.1. The molecular weight excluding hydrogens is 591 g/mol. The van der Waals surface area contributed by atoms with E-state index in [1.807, 2.05) is 0 Å². The summed E-state index contributed by atoms with van der Waals surface area (Å²) in [6.45, 7) is 6.94. The van der Waals surface area contributed by atoms with E-state index in [0.717, 1.165) is 19.3 Å². The minimum absolute atomic E-state index is 0.159. The monoisotopic (exact) mass is 626 g/mol. The molecule has 3 amide bonds. The molecule has 0 spiro atoms. The van der Waals surface area contributed by atoms with Gasteiger partial charge in [-0.25, -0.2) is 24.1 Å². The van der Waals surface area contributed by atoms with Crippen molar-refractivity contribution in [3.8, 4) is 23.0 Å². The molecule has 5 rings (SSSR count). The van der Waals surface area contributed by atoms with E-state index in [0.29, 0.717) is 37.8 Å². The van der Waals surface area contributed by atoms with E-state index in [9.17, 15) is 9.59 Å². The third-order valence-corrected chi connectivity index (χ3v) is 7.10. The average molecular weight is 627 g/mol. The van der Waals surface area contributed by atoms with E-state index in [-0.39, 0.29) is 46.5 Å². The smallest absolute Gasteiger partial charge is 0.328 e. The quantitative estimate of drug-likeness (QED) is 0.302. The van der Waals surface area contributed by atoms with Gasteiger partial charge in [-0.1, -0.05) is 0 Å². The first kappa shape index (κ1) is 31.5. The number of rotatable bonds is 10. The SMILES string of the molecule is COc1cc(N(C(=O)NCCN2CCOCC2)c2ncc(F)c(Nc3ccc4c(n3)NC(=O)C(C)(C)O4)n2)cc(OC)c1OC. The van der Waals surface area contributed by atoms with Crippen molar-refractivity contribution in [2.75, 3.05) is 76.3 Å². The van der Waals surface area contributed by atoms with Crippen LogP contribution < -0.4 is 39.8 Å². The number of morpholine rings is 1. The lowest BCUT2D eigenvalue weighted by Gasteiger charge is -2.30. The molecular formula is C29H35FN8O7. The number of hydrogen-bond acceptors (Lipinski definition) is 12. The highest BCUT2D eigenvalue weighted by atomic mass is 19.1. The summed E-state index contributed by atoms with van der Waals surface area (Å²) in [5, 5.41) is 8.38. The lowest BCUT2D eigenvalue weighted by atomic mass is 10.1. The van der Waals surface area contributed by atoms with Gasteiger partial charge in [0.05, 0.1) is 46.4 Å². The number of aromatic nitrogens is 3. The molecule has 0 saturated carbocycles. The van der Waals surface area contributed by atoms with Crippen molar-refractivity contribution in [2.24, 2.45) is 0 Å². The summed E-state index contributed by atoms with van der Waals surface area (Å²) in [6, 6.07) is 5.67. The number of carbonyl (C=O) groups is 2. The summed E-state index contributed by atoms with van der Waals surface area (Å²) >= 11 is 0. The maximum Gasteiger partial charge on any atom is 0.328 e. The zero-order chi connectivity index (χ0) is 32.1. The first-order valence-electron chi connectivity index (χ1n) is 14.1. The van der Waals surface area contributed by atoms with Crippen LogP contribution >= 0.6 is 0 Å². The van der Waals surface area contributed by atoms with Crippen LogP contribution in [0.2, 0.25) is 0 Å². The Bertz CT molecular complexity index is 1540. The van der Waals surface area contributed by atoms with Crippen molar-refractivity contribution in [3.63, 3.8) is 0 Å². The molecule has 0 bridgehead atoms. The zero-order valence-electron chi connectivity index (χ0n) is 25.6. The number of pyridine rings is 1. The molecule has 45 heavy (non-hydrogen) atoms. The summed E-state index contributed by atoms with van der Waals surface area (Å²) in [5.74, 6) is -0.0509. The molecule has 2 aromatic heterocycles. The van der Waals surface area contributed by atoms with Crippen LogP contribution in [0, 0.1) is 5.82 Å². The van der Waals surface area contributed by atoms with Crippen molar-refractivity contribution >= 4 is 41.0 Å². The Morgan fingerprint density at radius 3 is 2.49 bits per heavy atom. The lowest BCUT2D eigenvalue weighted by Crippen LogP contribution is -2.46. The summed E-state index contributed by atoms with van der Waals surface area (Å²) in [5.41, 5.74) is -0.809. The van der Waals surface area contributed by atoms with Crippen LogP contribution in [-0.2, 0) is 9.53 Å². The van der Waals surface area contributed by atoms with Crippen molar-refractivity contribution < 1.29 is 37.7 Å². The summed E-state index contributed by atoms with van der Waals surface area (Å²) in [4.78, 5) is 42.2. The van der Waals surface area contributed by atoms with Crippen LogP contribution in [0.5, 0.6) is 23.0 Å². The van der Waals surface area contributed by atoms with Crippen LogP contribution in [0.3, 0.4) is 0 Å². The van der Waals surface area contributed by atoms with Crippen LogP contribution in [0.25, 0.3) is 0 Å². The topological polar surface area (TPSA) is 162 Å². The highest BCUT2D eigenvalue weighted by Crippen LogP contribution is 2.42. The zero-order valence-corrected chi connectivity index (χ0v) is 25.6. The normalized spacial score (nSPS) is 15.6. The third-order valence-electron chi connectivity index (χ3n) is 7.10. The molecule has 4 heterocycles. The molecule has 16 heteroatoms. The summed E-state index contributed by atoms with van der Waals surface area (Å²) in [6.07, 6.45) is 0.933. The minimum Gasteiger partial charge on any atom is -0.493 e. The predicted octanol–water partition coefficient (Wildman–Crippen LogP) is 3.07. The number of anilines is 5. The Balaban J connectivity index is 1.47. The van der Waals surface area contributed by atoms with Gasteiger partial charge in [-0.2, -0.15) is 4.98 Å². The van der Waals surface area contributed by atoms with Gasteiger partial charge in [-0.05, 0) is 26.0 Å². The van der Waals surface area contributed by atoms with Crippen LogP contribution in [0.1, 0.15) is 13.8 Å². The highest BCUT2D eigenvalue weighted by molar-refractivity contribution is 6.00. The number of hydrogen-bond donors (Lipinski definition) is 3. The summed E-state index contributed by atoms with van der Waals surface area (Å²) in [7, 11) is 4.36. The maximum absolute atomic E-state index is 15.1.